The number of ether oxygens (including phenoxy) is 2. The summed E-state index contributed by atoms with van der Waals surface area (Å²) >= 11 is 3.32. The summed E-state index contributed by atoms with van der Waals surface area (Å²) < 4.78 is 11.1. The zero-order chi connectivity index (χ0) is 16.8. The van der Waals surface area contributed by atoms with Crippen molar-refractivity contribution in [2.75, 3.05) is 38.3 Å². The van der Waals surface area contributed by atoms with Gasteiger partial charge in [-0.15, -0.1) is 0 Å². The SMILES string of the molecule is C=C(Br)/C=C\C(=C/C)c1c[nH]c(C(=O)OC)c1N1CCOCC1. The number of allylic oxidation sites excluding steroid dienone is 5. The number of morpholine rings is 1. The molecule has 5 nitrogen and oxygen atoms in total. The lowest BCUT2D eigenvalue weighted by Gasteiger charge is -2.30. The van der Waals surface area contributed by atoms with Crippen LogP contribution in [0.2, 0.25) is 0 Å². The smallest absolute Gasteiger partial charge is 0.356 e. The number of aromatic nitrogens is 1. The van der Waals surface area contributed by atoms with Crippen LogP contribution in [0.4, 0.5) is 5.69 Å². The zero-order valence-electron chi connectivity index (χ0n) is 13.4. The Kier molecular flexibility index (Phi) is 6.24. The summed E-state index contributed by atoms with van der Waals surface area (Å²) in [7, 11) is 1.39. The molecule has 124 valence electrons. The fraction of sp³-hybridized carbons (Fsp3) is 0.353. The Labute approximate surface area is 144 Å². The number of methoxy groups -OCH3 is 1. The molecule has 23 heavy (non-hydrogen) atoms. The topological polar surface area (TPSA) is 54.6 Å². The molecular weight excluding hydrogens is 360 g/mol. The molecule has 0 unspecified atom stereocenters. The van der Waals surface area contributed by atoms with E-state index < -0.39 is 0 Å². The highest BCUT2D eigenvalue weighted by Crippen LogP contribution is 2.33. The number of aromatic amines is 1. The van der Waals surface area contributed by atoms with Gasteiger partial charge in [-0.25, -0.2) is 4.79 Å². The molecule has 6 heteroatoms. The number of carbonyl (C=O) groups excluding carboxylic acids is 1. The van der Waals surface area contributed by atoms with Crippen LogP contribution in [0, 0.1) is 0 Å². The maximum absolute atomic E-state index is 12.1. The Hall–Kier alpha value is -1.79. The summed E-state index contributed by atoms with van der Waals surface area (Å²) in [6.07, 6.45) is 7.68. The Morgan fingerprint density at radius 1 is 1.43 bits per heavy atom. The van der Waals surface area contributed by atoms with Crippen molar-refractivity contribution in [2.24, 2.45) is 0 Å². The molecule has 0 aliphatic carbocycles. The van der Waals surface area contributed by atoms with Crippen LogP contribution in [0.15, 0.2) is 35.5 Å². The minimum Gasteiger partial charge on any atom is -0.464 e. The zero-order valence-corrected chi connectivity index (χ0v) is 15.0. The largest absolute Gasteiger partial charge is 0.464 e. The van der Waals surface area contributed by atoms with Crippen molar-refractivity contribution < 1.29 is 14.3 Å². The predicted molar refractivity (Wildman–Crippen MR) is 96.0 cm³/mol. The molecule has 1 aromatic rings. The van der Waals surface area contributed by atoms with Crippen molar-refractivity contribution in [1.29, 1.82) is 0 Å². The summed E-state index contributed by atoms with van der Waals surface area (Å²) in [5.41, 5.74) is 3.28. The molecular formula is C17H21BrN2O3. The van der Waals surface area contributed by atoms with Crippen molar-refractivity contribution in [3.8, 4) is 0 Å². The van der Waals surface area contributed by atoms with Crippen molar-refractivity contribution >= 4 is 33.2 Å². The Morgan fingerprint density at radius 3 is 2.70 bits per heavy atom. The van der Waals surface area contributed by atoms with Gasteiger partial charge in [0.25, 0.3) is 0 Å². The minimum atomic E-state index is -0.373. The predicted octanol–water partition coefficient (Wildman–Crippen LogP) is 3.51. The van der Waals surface area contributed by atoms with E-state index in [1.54, 1.807) is 0 Å². The van der Waals surface area contributed by atoms with E-state index in [2.05, 4.69) is 32.4 Å². The number of nitrogens with one attached hydrogen (secondary N) is 1. The lowest BCUT2D eigenvalue weighted by Crippen LogP contribution is -2.37. The molecule has 0 aromatic carbocycles. The molecule has 0 atom stereocenters. The van der Waals surface area contributed by atoms with E-state index in [0.717, 1.165) is 34.4 Å². The Morgan fingerprint density at radius 2 is 2.13 bits per heavy atom. The van der Waals surface area contributed by atoms with Gasteiger partial charge < -0.3 is 19.4 Å². The van der Waals surface area contributed by atoms with Gasteiger partial charge in [-0.1, -0.05) is 34.7 Å². The second-order valence-corrected chi connectivity index (χ2v) is 6.06. The lowest BCUT2D eigenvalue weighted by atomic mass is 10.0. The molecule has 2 heterocycles. The second-order valence-electron chi connectivity index (χ2n) is 5.04. The van der Waals surface area contributed by atoms with E-state index in [-0.39, 0.29) is 5.97 Å². The van der Waals surface area contributed by atoms with Gasteiger partial charge in [0.05, 0.1) is 26.0 Å². The fourth-order valence-corrected chi connectivity index (χ4v) is 2.66. The lowest BCUT2D eigenvalue weighted by molar-refractivity contribution is 0.0594. The molecule has 0 amide bonds. The van der Waals surface area contributed by atoms with Gasteiger partial charge in [0.2, 0.25) is 0 Å². The number of esters is 1. The number of carbonyl (C=O) groups is 1. The Balaban J connectivity index is 2.48. The highest BCUT2D eigenvalue weighted by molar-refractivity contribution is 9.11. The molecule has 1 aromatic heterocycles. The number of H-pyrrole nitrogens is 1. The monoisotopic (exact) mass is 380 g/mol. The third-order valence-electron chi connectivity index (χ3n) is 3.64. The molecule has 0 spiro atoms. The van der Waals surface area contributed by atoms with Crippen molar-refractivity contribution in [1.82, 2.24) is 4.98 Å². The van der Waals surface area contributed by atoms with Crippen LogP contribution < -0.4 is 4.90 Å². The molecule has 0 bridgehead atoms. The van der Waals surface area contributed by atoms with Gasteiger partial charge in [-0.3, -0.25) is 0 Å². The van der Waals surface area contributed by atoms with Crippen LogP contribution in [-0.4, -0.2) is 44.4 Å². The number of halogens is 1. The number of anilines is 1. The van der Waals surface area contributed by atoms with E-state index >= 15 is 0 Å². The van der Waals surface area contributed by atoms with Crippen molar-refractivity contribution in [3.63, 3.8) is 0 Å². The van der Waals surface area contributed by atoms with E-state index in [1.807, 2.05) is 31.3 Å². The molecule has 0 saturated carbocycles. The van der Waals surface area contributed by atoms with Crippen LogP contribution in [0.3, 0.4) is 0 Å². The van der Waals surface area contributed by atoms with Crippen molar-refractivity contribution in [3.05, 3.63) is 46.7 Å². The second kappa shape index (κ2) is 8.17. The maximum Gasteiger partial charge on any atom is 0.356 e. The minimum absolute atomic E-state index is 0.373. The van der Waals surface area contributed by atoms with Crippen molar-refractivity contribution in [2.45, 2.75) is 6.92 Å². The quantitative estimate of drug-likeness (QED) is 0.627. The van der Waals surface area contributed by atoms with E-state index in [9.17, 15) is 4.79 Å². The standard InChI is InChI=1S/C17H21BrN2O3/c1-4-13(6-5-12(2)18)14-11-19-15(17(21)22-3)16(14)20-7-9-23-10-8-20/h4-6,11,19H,2,7-10H2,1,3H3/b6-5-,13-4+. The summed E-state index contributed by atoms with van der Waals surface area (Å²) in [6.45, 7) is 8.53. The molecule has 1 N–H and O–H groups in total. The average molecular weight is 381 g/mol. The van der Waals surface area contributed by atoms with Gasteiger partial charge in [-0.2, -0.15) is 0 Å². The normalized spacial score (nSPS) is 16.0. The molecule has 1 saturated heterocycles. The van der Waals surface area contributed by atoms with E-state index in [0.29, 0.717) is 18.9 Å². The molecule has 2 rings (SSSR count). The van der Waals surface area contributed by atoms with E-state index in [1.165, 1.54) is 7.11 Å². The first-order chi connectivity index (χ1) is 11.1. The van der Waals surface area contributed by atoms with Crippen LogP contribution in [0.5, 0.6) is 0 Å². The number of hydrogen-bond donors (Lipinski definition) is 1. The van der Waals surface area contributed by atoms with E-state index in [4.69, 9.17) is 9.47 Å². The van der Waals surface area contributed by atoms with Gasteiger partial charge in [0.1, 0.15) is 5.69 Å². The fourth-order valence-electron chi connectivity index (χ4n) is 2.53. The average Bonchev–Trinajstić information content (AvgIpc) is 3.00. The first kappa shape index (κ1) is 17.6. The number of rotatable bonds is 5. The maximum atomic E-state index is 12.1. The van der Waals surface area contributed by atoms with Gasteiger partial charge in [0, 0.05) is 29.3 Å². The molecule has 1 aliphatic rings. The molecule has 1 fully saturated rings. The van der Waals surface area contributed by atoms with Gasteiger partial charge >= 0.3 is 5.97 Å². The highest BCUT2D eigenvalue weighted by atomic mass is 79.9. The summed E-state index contributed by atoms with van der Waals surface area (Å²) in [4.78, 5) is 17.3. The van der Waals surface area contributed by atoms with Gasteiger partial charge in [-0.05, 0) is 18.6 Å². The van der Waals surface area contributed by atoms with Crippen LogP contribution in [-0.2, 0) is 9.47 Å². The third kappa shape index (κ3) is 4.14. The van der Waals surface area contributed by atoms with Gasteiger partial charge in [0.15, 0.2) is 0 Å². The Bertz CT molecular complexity index is 640. The number of nitrogens with zero attached hydrogens (tertiary/aromatic N) is 1. The van der Waals surface area contributed by atoms with Crippen LogP contribution >= 0.6 is 15.9 Å². The first-order valence-electron chi connectivity index (χ1n) is 7.40. The first-order valence-corrected chi connectivity index (χ1v) is 8.19. The van der Waals surface area contributed by atoms with Crippen LogP contribution in [0.25, 0.3) is 5.57 Å². The summed E-state index contributed by atoms with van der Waals surface area (Å²) in [5.74, 6) is -0.373. The number of hydrogen-bond acceptors (Lipinski definition) is 4. The summed E-state index contributed by atoms with van der Waals surface area (Å²) in [6, 6.07) is 0. The highest BCUT2D eigenvalue weighted by Gasteiger charge is 2.25. The third-order valence-corrected chi connectivity index (χ3v) is 3.90. The van der Waals surface area contributed by atoms with Crippen LogP contribution in [0.1, 0.15) is 23.0 Å². The summed E-state index contributed by atoms with van der Waals surface area (Å²) in [5, 5.41) is 0. The molecule has 0 radical (unpaired) electrons. The molecule has 1 aliphatic heterocycles.